The molecule has 1 amide bonds. The van der Waals surface area contributed by atoms with Gasteiger partial charge in [0.15, 0.2) is 0 Å². The van der Waals surface area contributed by atoms with Crippen molar-refractivity contribution < 1.29 is 13.2 Å². The minimum Gasteiger partial charge on any atom is -0.262 e. The van der Waals surface area contributed by atoms with Crippen LogP contribution in [0.3, 0.4) is 0 Å². The molecule has 4 nitrogen and oxygen atoms in total. The van der Waals surface area contributed by atoms with Gasteiger partial charge < -0.3 is 0 Å². The fraction of sp³-hybridized carbons (Fsp3) is 0.857. The van der Waals surface area contributed by atoms with Gasteiger partial charge in [0.25, 0.3) is 0 Å². The van der Waals surface area contributed by atoms with Gasteiger partial charge in [0.1, 0.15) is 0 Å². The van der Waals surface area contributed by atoms with Crippen molar-refractivity contribution in [3.8, 4) is 0 Å². The van der Waals surface area contributed by atoms with Crippen LogP contribution in [0.25, 0.3) is 0 Å². The third-order valence-corrected chi connectivity index (χ3v) is 3.29. The Hall–Kier alpha value is -0.580. The summed E-state index contributed by atoms with van der Waals surface area (Å²) in [4.78, 5) is 10.2. The van der Waals surface area contributed by atoms with Gasteiger partial charge in [-0.05, 0) is 13.3 Å². The van der Waals surface area contributed by atoms with Crippen LogP contribution in [0.4, 0.5) is 0 Å². The summed E-state index contributed by atoms with van der Waals surface area (Å²) in [5.74, 6) is 0.0343. The summed E-state index contributed by atoms with van der Waals surface area (Å²) in [7, 11) is -3.37. The zero-order valence-electron chi connectivity index (χ0n) is 7.41. The maximum absolute atomic E-state index is 11.2. The predicted octanol–water partition coefficient (Wildman–Crippen LogP) is 0.505. The van der Waals surface area contributed by atoms with Crippen LogP contribution >= 0.6 is 0 Å². The summed E-state index contributed by atoms with van der Waals surface area (Å²) < 4.78 is 23.1. The van der Waals surface area contributed by atoms with Crippen molar-refractivity contribution in [2.75, 3.05) is 12.3 Å². The Morgan fingerprint density at radius 3 is 2.25 bits per heavy atom. The van der Waals surface area contributed by atoms with Gasteiger partial charge in [0.2, 0.25) is 10.0 Å². The molecule has 0 fully saturated rings. The SMILES string of the molecule is CCCCS(=O)(=O)N([C]=O)CC. The Balaban J connectivity index is 4.27. The highest BCUT2D eigenvalue weighted by atomic mass is 32.2. The molecular formula is C7H14NO3S. The maximum atomic E-state index is 11.2. The standard InChI is InChI=1S/C7H14NO3S/c1-3-5-6-12(10,11)8(4-2)7-9/h3-6H2,1-2H3. The van der Waals surface area contributed by atoms with Crippen molar-refractivity contribution in [1.29, 1.82) is 0 Å². The van der Waals surface area contributed by atoms with Gasteiger partial charge in [0, 0.05) is 6.54 Å². The van der Waals surface area contributed by atoms with E-state index >= 15 is 0 Å². The van der Waals surface area contributed by atoms with Crippen LogP contribution < -0.4 is 0 Å². The number of hydrogen-bond donors (Lipinski definition) is 0. The zero-order chi connectivity index (χ0) is 9.61. The molecule has 0 saturated heterocycles. The molecule has 0 aromatic heterocycles. The van der Waals surface area contributed by atoms with Crippen molar-refractivity contribution in [3.05, 3.63) is 0 Å². The first-order valence-electron chi connectivity index (χ1n) is 3.96. The van der Waals surface area contributed by atoms with E-state index in [9.17, 15) is 13.2 Å². The summed E-state index contributed by atoms with van der Waals surface area (Å²) in [5.41, 5.74) is 0. The largest absolute Gasteiger partial charge is 0.326 e. The quantitative estimate of drug-likeness (QED) is 0.576. The topological polar surface area (TPSA) is 54.5 Å². The third kappa shape index (κ3) is 3.21. The molecule has 0 aromatic carbocycles. The summed E-state index contributed by atoms with van der Waals surface area (Å²) in [5, 5.41) is 0. The fourth-order valence-corrected chi connectivity index (χ4v) is 2.14. The number of nitrogens with zero attached hydrogens (tertiary/aromatic N) is 1. The molecule has 0 bridgehead atoms. The Labute approximate surface area is 73.6 Å². The van der Waals surface area contributed by atoms with Crippen LogP contribution in [0.15, 0.2) is 0 Å². The summed E-state index contributed by atoms with van der Waals surface area (Å²) in [6.45, 7) is 3.67. The molecule has 0 spiro atoms. The Bertz CT molecular complexity index is 223. The van der Waals surface area contributed by atoms with Crippen molar-refractivity contribution >= 4 is 16.4 Å². The summed E-state index contributed by atoms with van der Waals surface area (Å²) >= 11 is 0. The molecule has 0 atom stereocenters. The lowest BCUT2D eigenvalue weighted by Gasteiger charge is -2.13. The van der Waals surface area contributed by atoms with Crippen molar-refractivity contribution in [2.45, 2.75) is 26.7 Å². The van der Waals surface area contributed by atoms with Crippen LogP contribution in [-0.4, -0.2) is 31.4 Å². The minimum absolute atomic E-state index is 0.0343. The maximum Gasteiger partial charge on any atom is 0.326 e. The lowest BCUT2D eigenvalue weighted by molar-refractivity contribution is 0.477. The Morgan fingerprint density at radius 1 is 1.33 bits per heavy atom. The molecular weight excluding hydrogens is 178 g/mol. The Morgan fingerprint density at radius 2 is 1.92 bits per heavy atom. The minimum atomic E-state index is -3.37. The van der Waals surface area contributed by atoms with E-state index < -0.39 is 10.0 Å². The van der Waals surface area contributed by atoms with E-state index in [1.54, 1.807) is 6.92 Å². The molecule has 0 aliphatic heterocycles. The van der Waals surface area contributed by atoms with Gasteiger partial charge in [-0.3, -0.25) is 4.79 Å². The Kier molecular flexibility index (Phi) is 4.89. The van der Waals surface area contributed by atoms with Crippen molar-refractivity contribution in [3.63, 3.8) is 0 Å². The highest BCUT2D eigenvalue weighted by Gasteiger charge is 2.17. The number of unbranched alkanes of at least 4 members (excludes halogenated alkanes) is 1. The van der Waals surface area contributed by atoms with Gasteiger partial charge >= 0.3 is 6.41 Å². The molecule has 0 aromatic rings. The van der Waals surface area contributed by atoms with Gasteiger partial charge in [0.05, 0.1) is 5.75 Å². The van der Waals surface area contributed by atoms with Gasteiger partial charge in [-0.15, -0.1) is 0 Å². The first-order valence-corrected chi connectivity index (χ1v) is 5.57. The van der Waals surface area contributed by atoms with E-state index in [2.05, 4.69) is 0 Å². The molecule has 0 heterocycles. The normalized spacial score (nSPS) is 11.2. The third-order valence-electron chi connectivity index (χ3n) is 1.48. The molecule has 0 N–H and O–H groups in total. The molecule has 1 radical (unpaired) electrons. The van der Waals surface area contributed by atoms with E-state index in [1.807, 2.05) is 6.92 Å². The van der Waals surface area contributed by atoms with Crippen LogP contribution in [-0.2, 0) is 14.8 Å². The van der Waals surface area contributed by atoms with Gasteiger partial charge in [-0.25, -0.2) is 12.7 Å². The average molecular weight is 192 g/mol. The fourth-order valence-electron chi connectivity index (χ4n) is 0.755. The molecule has 0 rings (SSSR count). The molecule has 0 aliphatic carbocycles. The average Bonchev–Trinajstić information content (AvgIpc) is 2.03. The van der Waals surface area contributed by atoms with Crippen LogP contribution in [0.2, 0.25) is 0 Å². The second-order valence-electron chi connectivity index (χ2n) is 2.43. The lowest BCUT2D eigenvalue weighted by Crippen LogP contribution is -2.31. The molecule has 0 unspecified atom stereocenters. The lowest BCUT2D eigenvalue weighted by atomic mass is 10.4. The van der Waals surface area contributed by atoms with Crippen LogP contribution in [0, 0.1) is 0 Å². The van der Waals surface area contributed by atoms with Crippen LogP contribution in [0.1, 0.15) is 26.7 Å². The van der Waals surface area contributed by atoms with Gasteiger partial charge in [-0.2, -0.15) is 0 Å². The van der Waals surface area contributed by atoms with E-state index in [0.29, 0.717) is 10.7 Å². The summed E-state index contributed by atoms with van der Waals surface area (Å²) in [6, 6.07) is 0. The summed E-state index contributed by atoms with van der Waals surface area (Å²) in [6.07, 6.45) is 2.78. The zero-order valence-corrected chi connectivity index (χ0v) is 8.23. The molecule has 71 valence electrons. The molecule has 12 heavy (non-hydrogen) atoms. The highest BCUT2D eigenvalue weighted by Crippen LogP contribution is 2.01. The second-order valence-corrected chi connectivity index (χ2v) is 4.44. The smallest absolute Gasteiger partial charge is 0.262 e. The number of sulfonamides is 1. The van der Waals surface area contributed by atoms with E-state index in [1.165, 1.54) is 6.41 Å². The number of amides is 1. The van der Waals surface area contributed by atoms with E-state index in [0.717, 1.165) is 6.42 Å². The monoisotopic (exact) mass is 192 g/mol. The highest BCUT2D eigenvalue weighted by molar-refractivity contribution is 7.89. The van der Waals surface area contributed by atoms with Crippen LogP contribution in [0.5, 0.6) is 0 Å². The predicted molar refractivity (Wildman–Crippen MR) is 46.8 cm³/mol. The molecule has 5 heteroatoms. The second kappa shape index (κ2) is 5.13. The first-order chi connectivity index (χ1) is 5.58. The van der Waals surface area contributed by atoms with E-state index in [4.69, 9.17) is 0 Å². The number of hydrogen-bond acceptors (Lipinski definition) is 3. The number of carbonyl (C=O) groups excluding carboxylic acids is 1. The molecule has 0 aliphatic rings. The van der Waals surface area contributed by atoms with Crippen molar-refractivity contribution in [2.24, 2.45) is 0 Å². The van der Waals surface area contributed by atoms with E-state index in [-0.39, 0.29) is 12.3 Å². The number of rotatable bonds is 6. The van der Waals surface area contributed by atoms with Gasteiger partial charge in [-0.1, -0.05) is 13.3 Å². The first kappa shape index (κ1) is 11.4. The van der Waals surface area contributed by atoms with Crippen molar-refractivity contribution in [1.82, 2.24) is 4.31 Å². The molecule has 0 saturated carbocycles.